The molecule has 0 aliphatic carbocycles. The van der Waals surface area contributed by atoms with Gasteiger partial charge < -0.3 is 20.4 Å². The maximum atomic E-state index is 12.5. The highest BCUT2D eigenvalue weighted by molar-refractivity contribution is 7.14. The van der Waals surface area contributed by atoms with Crippen LogP contribution in [-0.2, 0) is 0 Å². The first-order valence-electron chi connectivity index (χ1n) is 8.91. The Labute approximate surface area is 171 Å². The van der Waals surface area contributed by atoms with E-state index in [2.05, 4.69) is 26.7 Å². The number of H-pyrrole nitrogens is 1. The molecule has 0 saturated heterocycles. The fourth-order valence-electron chi connectivity index (χ4n) is 2.96. The van der Waals surface area contributed by atoms with Crippen LogP contribution in [0.25, 0.3) is 11.0 Å². The average molecular weight is 403 g/mol. The van der Waals surface area contributed by atoms with Crippen LogP contribution in [0, 0.1) is 11.3 Å². The number of anilines is 2. The molecule has 3 N–H and O–H groups in total. The molecular formula is C21H17N5O2S. The quantitative estimate of drug-likeness (QED) is 0.415. The highest BCUT2D eigenvalue weighted by Crippen LogP contribution is 2.35. The molecule has 1 amide bonds. The van der Waals surface area contributed by atoms with Gasteiger partial charge in [-0.05, 0) is 29.1 Å². The lowest BCUT2D eigenvalue weighted by Crippen LogP contribution is -2.31. The summed E-state index contributed by atoms with van der Waals surface area (Å²) < 4.78 is 5.51. The molecule has 1 aromatic carbocycles. The summed E-state index contributed by atoms with van der Waals surface area (Å²) in [4.78, 5) is 19.8. The lowest BCUT2D eigenvalue weighted by Gasteiger charge is -2.16. The summed E-state index contributed by atoms with van der Waals surface area (Å²) in [5.41, 5.74) is 2.48. The minimum atomic E-state index is -0.614. The van der Waals surface area contributed by atoms with Gasteiger partial charge in [-0.25, -0.2) is 9.78 Å². The fraction of sp³-hybridized carbons (Fsp3) is 0.0952. The van der Waals surface area contributed by atoms with Gasteiger partial charge >= 0.3 is 6.09 Å². The molecule has 0 aliphatic rings. The number of fused-ring (bicyclic) bond motifs is 1. The van der Waals surface area contributed by atoms with E-state index in [1.807, 2.05) is 54.0 Å². The molecule has 0 bridgehead atoms. The van der Waals surface area contributed by atoms with Crippen molar-refractivity contribution in [2.75, 3.05) is 5.32 Å². The van der Waals surface area contributed by atoms with Crippen LogP contribution in [0.15, 0.2) is 66.3 Å². The smallest absolute Gasteiger partial charge is 0.407 e. The zero-order valence-electron chi connectivity index (χ0n) is 15.3. The number of amides is 1. The first kappa shape index (κ1) is 18.5. The summed E-state index contributed by atoms with van der Waals surface area (Å²) in [5.74, 6) is 0.414. The molecule has 8 heteroatoms. The Morgan fingerprint density at radius 2 is 2.10 bits per heavy atom. The first-order chi connectivity index (χ1) is 14.2. The van der Waals surface area contributed by atoms with E-state index in [9.17, 15) is 4.79 Å². The molecule has 0 radical (unpaired) electrons. The van der Waals surface area contributed by atoms with Crippen molar-refractivity contribution in [3.8, 4) is 11.8 Å². The summed E-state index contributed by atoms with van der Waals surface area (Å²) >= 11 is 1.42. The molecule has 3 aromatic heterocycles. The molecule has 0 aliphatic heterocycles. The monoisotopic (exact) mass is 403 g/mol. The summed E-state index contributed by atoms with van der Waals surface area (Å²) in [6.07, 6.45) is 3.06. The zero-order chi connectivity index (χ0) is 20.1. The van der Waals surface area contributed by atoms with Crippen LogP contribution in [0.1, 0.15) is 18.0 Å². The largest absolute Gasteiger partial charge is 0.413 e. The van der Waals surface area contributed by atoms with Crippen LogP contribution < -0.4 is 15.4 Å². The third-order valence-corrected chi connectivity index (χ3v) is 5.14. The number of pyridine rings is 1. The number of nitrogens with one attached hydrogen (secondary N) is 3. The molecule has 7 nitrogen and oxygen atoms in total. The molecule has 3 heterocycles. The molecule has 29 heavy (non-hydrogen) atoms. The van der Waals surface area contributed by atoms with Crippen LogP contribution in [0.5, 0.6) is 5.75 Å². The second-order valence-electron chi connectivity index (χ2n) is 6.20. The van der Waals surface area contributed by atoms with Gasteiger partial charge in [0.2, 0.25) is 0 Å². The Balaban J connectivity index is 1.48. The predicted octanol–water partition coefficient (Wildman–Crippen LogP) is 5.11. The minimum Gasteiger partial charge on any atom is -0.407 e. The Morgan fingerprint density at radius 3 is 2.93 bits per heavy atom. The van der Waals surface area contributed by atoms with Gasteiger partial charge in [0.1, 0.15) is 10.6 Å². The number of nitrogens with zero attached hydrogens (tertiary/aromatic N) is 2. The van der Waals surface area contributed by atoms with E-state index in [-0.39, 0.29) is 6.42 Å². The van der Waals surface area contributed by atoms with Gasteiger partial charge in [0.05, 0.1) is 24.2 Å². The first-order valence-corrected chi connectivity index (χ1v) is 9.79. The number of thiophene rings is 1. The summed E-state index contributed by atoms with van der Waals surface area (Å²) in [6.45, 7) is 0. The fourth-order valence-corrected chi connectivity index (χ4v) is 3.68. The Hall–Kier alpha value is -3.83. The number of aromatic amines is 1. The highest BCUT2D eigenvalue weighted by Gasteiger charge is 2.18. The molecule has 0 fully saturated rings. The number of hydrogen-bond acceptors (Lipinski definition) is 6. The second kappa shape index (κ2) is 8.46. The number of ether oxygens (including phenoxy) is 1. The number of nitriles is 1. The molecule has 0 unspecified atom stereocenters. The van der Waals surface area contributed by atoms with Crippen molar-refractivity contribution in [3.63, 3.8) is 0 Å². The van der Waals surface area contributed by atoms with Gasteiger partial charge in [-0.15, -0.1) is 11.3 Å². The SMILES string of the molecule is N#CC[C@@H](NC(=O)Oc1ccsc1Nc1ccnc2[nH]ccc12)c1ccccc1. The average Bonchev–Trinajstić information content (AvgIpc) is 3.38. The normalized spacial score (nSPS) is 11.6. The Kier molecular flexibility index (Phi) is 5.40. The number of carbonyl (C=O) groups excluding carboxylic acids is 1. The summed E-state index contributed by atoms with van der Waals surface area (Å²) in [7, 11) is 0. The third kappa shape index (κ3) is 4.20. The highest BCUT2D eigenvalue weighted by atomic mass is 32.1. The predicted molar refractivity (Wildman–Crippen MR) is 112 cm³/mol. The third-order valence-electron chi connectivity index (χ3n) is 4.33. The van der Waals surface area contributed by atoms with Crippen LogP contribution >= 0.6 is 11.3 Å². The van der Waals surface area contributed by atoms with E-state index in [0.29, 0.717) is 10.8 Å². The van der Waals surface area contributed by atoms with E-state index >= 15 is 0 Å². The summed E-state index contributed by atoms with van der Waals surface area (Å²) in [6, 6.07) is 16.5. The number of benzene rings is 1. The van der Waals surface area contributed by atoms with Crippen LogP contribution in [0.4, 0.5) is 15.5 Å². The lowest BCUT2D eigenvalue weighted by atomic mass is 10.1. The van der Waals surface area contributed by atoms with E-state index in [4.69, 9.17) is 10.00 Å². The molecule has 4 rings (SSSR count). The number of aromatic nitrogens is 2. The maximum absolute atomic E-state index is 12.5. The number of rotatable bonds is 6. The van der Waals surface area contributed by atoms with Crippen molar-refractivity contribution in [3.05, 3.63) is 71.9 Å². The number of hydrogen-bond donors (Lipinski definition) is 3. The van der Waals surface area contributed by atoms with Crippen LogP contribution in [0.3, 0.4) is 0 Å². The molecular weight excluding hydrogens is 386 g/mol. The van der Waals surface area contributed by atoms with Gasteiger partial charge in [-0.2, -0.15) is 5.26 Å². The zero-order valence-corrected chi connectivity index (χ0v) is 16.1. The van der Waals surface area contributed by atoms with Gasteiger partial charge in [0, 0.05) is 17.8 Å². The summed E-state index contributed by atoms with van der Waals surface area (Å²) in [5, 5.41) is 18.6. The van der Waals surface area contributed by atoms with E-state index in [1.54, 1.807) is 12.3 Å². The second-order valence-corrected chi connectivity index (χ2v) is 7.11. The standard InChI is InChI=1S/C21H17N5O2S/c22-10-6-16(14-4-2-1-3-5-14)26-21(27)28-18-9-13-29-20(18)25-17-8-12-24-19-15(17)7-11-23-19/h1-5,7-9,11-13,16H,6H2,(H,26,27)(H2,23,24,25)/t16-/m1/s1. The maximum Gasteiger partial charge on any atom is 0.413 e. The molecule has 4 aromatic rings. The van der Waals surface area contributed by atoms with Crippen LogP contribution in [0.2, 0.25) is 0 Å². The van der Waals surface area contributed by atoms with Crippen molar-refractivity contribution in [1.82, 2.24) is 15.3 Å². The molecule has 144 valence electrons. The molecule has 0 saturated carbocycles. The lowest BCUT2D eigenvalue weighted by molar-refractivity contribution is 0.196. The van der Waals surface area contributed by atoms with E-state index in [1.165, 1.54) is 11.3 Å². The van der Waals surface area contributed by atoms with Crippen molar-refractivity contribution < 1.29 is 9.53 Å². The van der Waals surface area contributed by atoms with E-state index in [0.717, 1.165) is 22.3 Å². The van der Waals surface area contributed by atoms with Crippen molar-refractivity contribution in [2.45, 2.75) is 12.5 Å². The molecule has 0 spiro atoms. The van der Waals surface area contributed by atoms with Crippen molar-refractivity contribution in [1.29, 1.82) is 5.26 Å². The van der Waals surface area contributed by atoms with Crippen molar-refractivity contribution >= 4 is 39.2 Å². The van der Waals surface area contributed by atoms with Gasteiger partial charge in [-0.1, -0.05) is 30.3 Å². The van der Waals surface area contributed by atoms with Crippen LogP contribution in [-0.4, -0.2) is 16.1 Å². The number of carbonyl (C=O) groups is 1. The van der Waals surface area contributed by atoms with Gasteiger partial charge in [0.25, 0.3) is 0 Å². The topological polar surface area (TPSA) is 103 Å². The van der Waals surface area contributed by atoms with Gasteiger partial charge in [0.15, 0.2) is 5.75 Å². The molecule has 1 atom stereocenters. The Morgan fingerprint density at radius 1 is 1.24 bits per heavy atom. The van der Waals surface area contributed by atoms with Crippen molar-refractivity contribution in [2.24, 2.45) is 0 Å². The van der Waals surface area contributed by atoms with E-state index < -0.39 is 12.1 Å². The Bertz CT molecular complexity index is 1160. The minimum absolute atomic E-state index is 0.149. The van der Waals surface area contributed by atoms with Gasteiger partial charge in [-0.3, -0.25) is 0 Å².